The van der Waals surface area contributed by atoms with E-state index in [4.69, 9.17) is 10.7 Å². The first-order chi connectivity index (χ1) is 9.02. The standard InChI is InChI=1S/C15H27N3S/c1-10(2)14-13(9-16)19-15(17-14)18(4)12-7-5-6-11(3)8-12/h10-12H,5-9,16H2,1-4H3. The van der Waals surface area contributed by atoms with Gasteiger partial charge in [-0.2, -0.15) is 0 Å². The van der Waals surface area contributed by atoms with Crippen LogP contribution < -0.4 is 10.6 Å². The van der Waals surface area contributed by atoms with Crippen LogP contribution in [0.5, 0.6) is 0 Å². The number of hydrogen-bond acceptors (Lipinski definition) is 4. The number of nitrogens with two attached hydrogens (primary N) is 1. The highest BCUT2D eigenvalue weighted by atomic mass is 32.1. The molecular weight excluding hydrogens is 254 g/mol. The van der Waals surface area contributed by atoms with Crippen LogP contribution in [-0.4, -0.2) is 18.1 Å². The molecule has 2 rings (SSSR count). The molecule has 1 saturated carbocycles. The van der Waals surface area contributed by atoms with Crippen molar-refractivity contribution >= 4 is 16.5 Å². The maximum atomic E-state index is 5.85. The lowest BCUT2D eigenvalue weighted by Gasteiger charge is -2.34. The zero-order valence-corrected chi connectivity index (χ0v) is 13.5. The fourth-order valence-corrected chi connectivity index (χ4v) is 4.14. The highest BCUT2D eigenvalue weighted by Crippen LogP contribution is 2.34. The molecule has 2 N–H and O–H groups in total. The molecular formula is C15H27N3S. The van der Waals surface area contributed by atoms with Crippen molar-refractivity contribution in [2.24, 2.45) is 11.7 Å². The Morgan fingerprint density at radius 1 is 1.42 bits per heavy atom. The largest absolute Gasteiger partial charge is 0.348 e. The van der Waals surface area contributed by atoms with Gasteiger partial charge < -0.3 is 10.6 Å². The smallest absolute Gasteiger partial charge is 0.185 e. The number of rotatable bonds is 4. The van der Waals surface area contributed by atoms with Crippen LogP contribution in [0.25, 0.3) is 0 Å². The third-order valence-corrected chi connectivity index (χ3v) is 5.39. The quantitative estimate of drug-likeness (QED) is 0.914. The topological polar surface area (TPSA) is 42.2 Å². The van der Waals surface area contributed by atoms with Crippen LogP contribution in [0.3, 0.4) is 0 Å². The van der Waals surface area contributed by atoms with Gasteiger partial charge in [-0.15, -0.1) is 11.3 Å². The maximum Gasteiger partial charge on any atom is 0.185 e. The number of thiazole rings is 1. The van der Waals surface area contributed by atoms with Gasteiger partial charge in [-0.3, -0.25) is 0 Å². The van der Waals surface area contributed by atoms with Crippen LogP contribution >= 0.6 is 11.3 Å². The van der Waals surface area contributed by atoms with Crippen molar-refractivity contribution in [3.05, 3.63) is 10.6 Å². The van der Waals surface area contributed by atoms with Crippen LogP contribution in [0.15, 0.2) is 0 Å². The summed E-state index contributed by atoms with van der Waals surface area (Å²) in [6.07, 6.45) is 5.33. The SMILES string of the molecule is CC1CCCC(N(C)c2nc(C(C)C)c(CN)s2)C1. The minimum absolute atomic E-state index is 0.460. The van der Waals surface area contributed by atoms with Gasteiger partial charge in [0.1, 0.15) is 0 Å². The van der Waals surface area contributed by atoms with Gasteiger partial charge in [0.05, 0.1) is 5.69 Å². The van der Waals surface area contributed by atoms with Gasteiger partial charge in [-0.25, -0.2) is 4.98 Å². The van der Waals surface area contributed by atoms with E-state index in [-0.39, 0.29) is 0 Å². The predicted octanol–water partition coefficient (Wildman–Crippen LogP) is 3.74. The molecule has 19 heavy (non-hydrogen) atoms. The zero-order chi connectivity index (χ0) is 14.0. The summed E-state index contributed by atoms with van der Waals surface area (Å²) < 4.78 is 0. The summed E-state index contributed by atoms with van der Waals surface area (Å²) in [6, 6.07) is 0.653. The van der Waals surface area contributed by atoms with Gasteiger partial charge in [-0.1, -0.05) is 33.6 Å². The Bertz CT molecular complexity index is 414. The van der Waals surface area contributed by atoms with Gasteiger partial charge in [0.25, 0.3) is 0 Å². The van der Waals surface area contributed by atoms with Crippen molar-refractivity contribution in [2.75, 3.05) is 11.9 Å². The minimum atomic E-state index is 0.460. The summed E-state index contributed by atoms with van der Waals surface area (Å²) in [6.45, 7) is 7.37. The molecule has 0 spiro atoms. The van der Waals surface area contributed by atoms with Gasteiger partial charge in [-0.05, 0) is 24.7 Å². The first kappa shape index (κ1) is 14.8. The number of anilines is 1. The zero-order valence-electron chi connectivity index (χ0n) is 12.6. The molecule has 1 fully saturated rings. The molecule has 3 nitrogen and oxygen atoms in total. The number of aromatic nitrogens is 1. The van der Waals surface area contributed by atoms with E-state index in [1.807, 2.05) is 0 Å². The second-order valence-electron chi connectivity index (χ2n) is 6.20. The molecule has 0 saturated heterocycles. The highest BCUT2D eigenvalue weighted by Gasteiger charge is 2.25. The van der Waals surface area contributed by atoms with E-state index in [9.17, 15) is 0 Å². The molecule has 0 radical (unpaired) electrons. The molecule has 1 aromatic rings. The summed E-state index contributed by atoms with van der Waals surface area (Å²) in [5.74, 6) is 1.31. The normalized spacial score (nSPS) is 23.9. The average molecular weight is 281 g/mol. The van der Waals surface area contributed by atoms with Crippen LogP contribution in [0, 0.1) is 5.92 Å². The third-order valence-electron chi connectivity index (χ3n) is 4.21. The third kappa shape index (κ3) is 3.29. The second kappa shape index (κ2) is 6.23. The van der Waals surface area contributed by atoms with Crippen LogP contribution in [0.2, 0.25) is 0 Å². The number of hydrogen-bond donors (Lipinski definition) is 1. The molecule has 1 aliphatic carbocycles. The summed E-state index contributed by atoms with van der Waals surface area (Å²) in [5, 5.41) is 1.16. The van der Waals surface area contributed by atoms with Crippen molar-refractivity contribution < 1.29 is 0 Å². The summed E-state index contributed by atoms with van der Waals surface area (Å²) in [5.41, 5.74) is 7.05. The Morgan fingerprint density at radius 3 is 2.68 bits per heavy atom. The summed E-state index contributed by atoms with van der Waals surface area (Å²) in [4.78, 5) is 8.49. The Labute approximate surface area is 121 Å². The first-order valence-electron chi connectivity index (χ1n) is 7.45. The van der Waals surface area contributed by atoms with E-state index in [0.717, 1.165) is 11.0 Å². The van der Waals surface area contributed by atoms with Crippen LogP contribution in [0.1, 0.15) is 62.9 Å². The van der Waals surface area contributed by atoms with E-state index in [1.165, 1.54) is 36.3 Å². The number of nitrogens with zero attached hydrogens (tertiary/aromatic N) is 2. The predicted molar refractivity (Wildman–Crippen MR) is 83.9 cm³/mol. The lowest BCUT2D eigenvalue weighted by Crippen LogP contribution is -2.35. The van der Waals surface area contributed by atoms with Gasteiger partial charge in [0.2, 0.25) is 0 Å². The monoisotopic (exact) mass is 281 g/mol. The van der Waals surface area contributed by atoms with Crippen molar-refractivity contribution in [3.8, 4) is 0 Å². The van der Waals surface area contributed by atoms with E-state index in [2.05, 4.69) is 32.7 Å². The molecule has 1 aliphatic rings. The molecule has 1 heterocycles. The Balaban J connectivity index is 2.16. The molecule has 2 unspecified atom stereocenters. The van der Waals surface area contributed by atoms with Gasteiger partial charge in [0.15, 0.2) is 5.13 Å². The molecule has 0 aliphatic heterocycles. The highest BCUT2D eigenvalue weighted by molar-refractivity contribution is 7.15. The lowest BCUT2D eigenvalue weighted by molar-refractivity contribution is 0.336. The maximum absolute atomic E-state index is 5.85. The second-order valence-corrected chi connectivity index (χ2v) is 7.26. The Morgan fingerprint density at radius 2 is 2.16 bits per heavy atom. The first-order valence-corrected chi connectivity index (χ1v) is 8.27. The molecule has 4 heteroatoms. The van der Waals surface area contributed by atoms with E-state index >= 15 is 0 Å². The summed E-state index contributed by atoms with van der Waals surface area (Å²) >= 11 is 1.78. The van der Waals surface area contributed by atoms with Crippen molar-refractivity contribution in [1.29, 1.82) is 0 Å². The summed E-state index contributed by atoms with van der Waals surface area (Å²) in [7, 11) is 2.20. The Hall–Kier alpha value is -0.610. The van der Waals surface area contributed by atoms with Crippen molar-refractivity contribution in [1.82, 2.24) is 4.98 Å². The molecule has 1 aromatic heterocycles. The fraction of sp³-hybridized carbons (Fsp3) is 0.800. The molecule has 2 atom stereocenters. The van der Waals surface area contributed by atoms with Gasteiger partial charge >= 0.3 is 0 Å². The minimum Gasteiger partial charge on any atom is -0.348 e. The van der Waals surface area contributed by atoms with Crippen LogP contribution in [0.4, 0.5) is 5.13 Å². The molecule has 108 valence electrons. The van der Waals surface area contributed by atoms with E-state index in [0.29, 0.717) is 18.5 Å². The molecule has 0 bridgehead atoms. The van der Waals surface area contributed by atoms with Crippen LogP contribution in [-0.2, 0) is 6.54 Å². The molecule has 0 aromatic carbocycles. The Kier molecular flexibility index (Phi) is 4.85. The van der Waals surface area contributed by atoms with E-state index < -0.39 is 0 Å². The van der Waals surface area contributed by atoms with Crippen molar-refractivity contribution in [3.63, 3.8) is 0 Å². The average Bonchev–Trinajstić information content (AvgIpc) is 2.82. The fourth-order valence-electron chi connectivity index (χ4n) is 3.01. The van der Waals surface area contributed by atoms with Crippen molar-refractivity contribution in [2.45, 2.75) is 65.0 Å². The molecule has 0 amide bonds. The van der Waals surface area contributed by atoms with E-state index in [1.54, 1.807) is 11.3 Å². The lowest BCUT2D eigenvalue weighted by atomic mass is 9.86. The van der Waals surface area contributed by atoms with Gasteiger partial charge in [0, 0.05) is 24.5 Å².